The van der Waals surface area contributed by atoms with E-state index < -0.39 is 11.3 Å². The van der Waals surface area contributed by atoms with Crippen molar-refractivity contribution >= 4 is 0 Å². The van der Waals surface area contributed by atoms with Crippen LogP contribution in [0.5, 0.6) is 0 Å². The summed E-state index contributed by atoms with van der Waals surface area (Å²) in [5.74, 6) is -1.73. The molecule has 0 heterocycles. The Labute approximate surface area is 62.3 Å². The minimum absolute atomic E-state index is 0.545. The summed E-state index contributed by atoms with van der Waals surface area (Å²) in [5, 5.41) is 18.8. The fourth-order valence-electron chi connectivity index (χ4n) is 0.671. The first kappa shape index (κ1) is 9.88. The molecule has 0 saturated carbocycles. The van der Waals surface area contributed by atoms with E-state index in [1.165, 1.54) is 4.90 Å². The first-order valence-electron chi connectivity index (χ1n) is 3.32. The maximum Gasteiger partial charge on any atom is 0.229 e. The number of hydrogen-bond donors (Lipinski definition) is 2. The van der Waals surface area contributed by atoms with Crippen molar-refractivity contribution in [3.8, 4) is 0 Å². The molecule has 0 aliphatic rings. The minimum Gasteiger partial charge on any atom is -0.353 e. The van der Waals surface area contributed by atoms with Crippen LogP contribution in [0.1, 0.15) is 20.8 Å². The van der Waals surface area contributed by atoms with E-state index in [0.717, 1.165) is 0 Å². The molecule has 0 fully saturated rings. The van der Waals surface area contributed by atoms with E-state index in [9.17, 15) is 10.2 Å². The van der Waals surface area contributed by atoms with Gasteiger partial charge in [-0.05, 0) is 14.1 Å². The molecule has 3 heteroatoms. The van der Waals surface area contributed by atoms with Crippen LogP contribution in [0.25, 0.3) is 0 Å². The standard InChI is InChI=1S/C7H17NO2/c1-6(2,3)7(9,10)8(4)5/h9-10H,1-5H3. The highest BCUT2D eigenvalue weighted by Crippen LogP contribution is 2.28. The molecule has 0 bridgehead atoms. The highest BCUT2D eigenvalue weighted by atomic mass is 16.5. The molecule has 62 valence electrons. The molecule has 2 N–H and O–H groups in total. The van der Waals surface area contributed by atoms with E-state index in [4.69, 9.17) is 0 Å². The zero-order valence-corrected chi connectivity index (χ0v) is 7.34. The minimum atomic E-state index is -1.73. The van der Waals surface area contributed by atoms with Gasteiger partial charge in [-0.2, -0.15) is 0 Å². The lowest BCUT2D eigenvalue weighted by molar-refractivity contribution is -0.305. The van der Waals surface area contributed by atoms with Crippen LogP contribution >= 0.6 is 0 Å². The first-order chi connectivity index (χ1) is 4.19. The van der Waals surface area contributed by atoms with E-state index in [1.54, 1.807) is 34.9 Å². The summed E-state index contributed by atoms with van der Waals surface area (Å²) in [4.78, 5) is 1.38. The van der Waals surface area contributed by atoms with E-state index in [0.29, 0.717) is 0 Å². The molecule has 0 rings (SSSR count). The van der Waals surface area contributed by atoms with Crippen LogP contribution in [-0.2, 0) is 0 Å². The van der Waals surface area contributed by atoms with Crippen molar-refractivity contribution < 1.29 is 10.2 Å². The van der Waals surface area contributed by atoms with E-state index >= 15 is 0 Å². The van der Waals surface area contributed by atoms with Crippen molar-refractivity contribution in [1.29, 1.82) is 0 Å². The van der Waals surface area contributed by atoms with Crippen LogP contribution in [0.3, 0.4) is 0 Å². The van der Waals surface area contributed by atoms with Gasteiger partial charge in [0.05, 0.1) is 0 Å². The Morgan fingerprint density at radius 2 is 1.30 bits per heavy atom. The van der Waals surface area contributed by atoms with Gasteiger partial charge >= 0.3 is 0 Å². The van der Waals surface area contributed by atoms with Gasteiger partial charge in [-0.1, -0.05) is 20.8 Å². The third kappa shape index (κ3) is 1.68. The van der Waals surface area contributed by atoms with Crippen LogP contribution < -0.4 is 0 Å². The quantitative estimate of drug-likeness (QED) is 0.522. The molecule has 0 spiro atoms. The normalized spacial score (nSPS) is 14.4. The number of hydrogen-bond acceptors (Lipinski definition) is 3. The second-order valence-electron chi connectivity index (χ2n) is 3.78. The van der Waals surface area contributed by atoms with Crippen molar-refractivity contribution in [3.63, 3.8) is 0 Å². The maximum atomic E-state index is 9.41. The zero-order chi connectivity index (χ0) is 8.58. The molecule has 3 nitrogen and oxygen atoms in total. The molecule has 0 atom stereocenters. The van der Waals surface area contributed by atoms with Gasteiger partial charge in [-0.3, -0.25) is 4.90 Å². The molecule has 0 aliphatic heterocycles. The molecular formula is C7H17NO2. The fourth-order valence-corrected chi connectivity index (χ4v) is 0.671. The van der Waals surface area contributed by atoms with Crippen LogP contribution in [0.4, 0.5) is 0 Å². The van der Waals surface area contributed by atoms with Crippen molar-refractivity contribution in [2.45, 2.75) is 26.7 Å². The van der Waals surface area contributed by atoms with E-state index in [-0.39, 0.29) is 0 Å². The Balaban J connectivity index is 4.40. The summed E-state index contributed by atoms with van der Waals surface area (Å²) in [6, 6.07) is 0. The summed E-state index contributed by atoms with van der Waals surface area (Å²) in [5.41, 5.74) is -0.545. The van der Waals surface area contributed by atoms with Gasteiger partial charge in [0, 0.05) is 5.41 Å². The van der Waals surface area contributed by atoms with Crippen LogP contribution in [0.15, 0.2) is 0 Å². The Bertz CT molecular complexity index is 113. The summed E-state index contributed by atoms with van der Waals surface area (Å²) in [6.07, 6.45) is 0. The lowest BCUT2D eigenvalue weighted by atomic mass is 9.91. The third-order valence-electron chi connectivity index (χ3n) is 1.63. The molecule has 0 amide bonds. The average Bonchev–Trinajstić information content (AvgIpc) is 1.62. The Kier molecular flexibility index (Phi) is 2.46. The van der Waals surface area contributed by atoms with Crippen molar-refractivity contribution in [2.24, 2.45) is 5.41 Å². The predicted octanol–water partition coefficient (Wildman–Crippen LogP) is 0.232. The maximum absolute atomic E-state index is 9.41. The predicted molar refractivity (Wildman–Crippen MR) is 40.3 cm³/mol. The summed E-state index contributed by atoms with van der Waals surface area (Å²) in [7, 11) is 3.26. The molecule has 0 saturated heterocycles. The second kappa shape index (κ2) is 2.49. The van der Waals surface area contributed by atoms with Crippen molar-refractivity contribution in [3.05, 3.63) is 0 Å². The summed E-state index contributed by atoms with van der Waals surface area (Å²) in [6.45, 7) is 5.31. The zero-order valence-electron chi connectivity index (χ0n) is 7.34. The van der Waals surface area contributed by atoms with Gasteiger partial charge in [0.2, 0.25) is 5.91 Å². The fraction of sp³-hybridized carbons (Fsp3) is 1.00. The Hall–Kier alpha value is -0.120. The van der Waals surface area contributed by atoms with E-state index in [2.05, 4.69) is 0 Å². The lowest BCUT2D eigenvalue weighted by Gasteiger charge is -2.39. The number of aliphatic hydroxyl groups is 2. The van der Waals surface area contributed by atoms with Crippen LogP contribution in [0, 0.1) is 5.41 Å². The van der Waals surface area contributed by atoms with Gasteiger partial charge in [-0.25, -0.2) is 0 Å². The van der Waals surface area contributed by atoms with Crippen LogP contribution in [0.2, 0.25) is 0 Å². The third-order valence-corrected chi connectivity index (χ3v) is 1.63. The largest absolute Gasteiger partial charge is 0.353 e. The van der Waals surface area contributed by atoms with Gasteiger partial charge < -0.3 is 10.2 Å². The molecule has 0 radical (unpaired) electrons. The first-order valence-corrected chi connectivity index (χ1v) is 3.32. The molecule has 0 aromatic heterocycles. The van der Waals surface area contributed by atoms with Gasteiger partial charge in [0.1, 0.15) is 0 Å². The molecule has 0 aromatic carbocycles. The van der Waals surface area contributed by atoms with E-state index in [1.807, 2.05) is 0 Å². The van der Waals surface area contributed by atoms with Crippen molar-refractivity contribution in [2.75, 3.05) is 14.1 Å². The van der Waals surface area contributed by atoms with Crippen LogP contribution in [-0.4, -0.2) is 35.1 Å². The SMILES string of the molecule is CN(C)C(O)(O)C(C)(C)C. The molecule has 0 aromatic rings. The second-order valence-corrected chi connectivity index (χ2v) is 3.78. The summed E-state index contributed by atoms with van der Waals surface area (Å²) >= 11 is 0. The summed E-state index contributed by atoms with van der Waals surface area (Å²) < 4.78 is 0. The Morgan fingerprint density at radius 3 is 1.30 bits per heavy atom. The smallest absolute Gasteiger partial charge is 0.229 e. The number of nitrogens with zero attached hydrogens (tertiary/aromatic N) is 1. The molecule has 10 heavy (non-hydrogen) atoms. The van der Waals surface area contributed by atoms with Gasteiger partial charge in [0.15, 0.2) is 0 Å². The van der Waals surface area contributed by atoms with Crippen molar-refractivity contribution in [1.82, 2.24) is 4.90 Å². The van der Waals surface area contributed by atoms with Gasteiger partial charge in [-0.15, -0.1) is 0 Å². The highest BCUT2D eigenvalue weighted by Gasteiger charge is 2.40. The monoisotopic (exact) mass is 147 g/mol. The average molecular weight is 147 g/mol. The molecular weight excluding hydrogens is 130 g/mol. The molecule has 0 aliphatic carbocycles. The highest BCUT2D eigenvalue weighted by molar-refractivity contribution is 4.76. The number of rotatable bonds is 1. The Morgan fingerprint density at radius 1 is 1.00 bits per heavy atom. The topological polar surface area (TPSA) is 43.7 Å². The molecule has 0 unspecified atom stereocenters. The van der Waals surface area contributed by atoms with Gasteiger partial charge in [0.25, 0.3) is 0 Å². The lowest BCUT2D eigenvalue weighted by Crippen LogP contribution is -2.53.